The number of nitrogens with one attached hydrogen (secondary N) is 2. The van der Waals surface area contributed by atoms with Crippen LogP contribution in [0.5, 0.6) is 5.75 Å². The van der Waals surface area contributed by atoms with E-state index in [-0.39, 0.29) is 40.3 Å². The number of amides is 2. The second-order valence-corrected chi connectivity index (χ2v) is 8.06. The number of ether oxygens (including phenoxy) is 1. The van der Waals surface area contributed by atoms with Crippen molar-refractivity contribution < 1.29 is 18.7 Å². The van der Waals surface area contributed by atoms with Crippen LogP contribution in [0.15, 0.2) is 36.7 Å². The zero-order chi connectivity index (χ0) is 19.9. The van der Waals surface area contributed by atoms with Gasteiger partial charge in [0, 0.05) is 29.5 Å². The SMILES string of the molecule is Cc1ccncc1C(=O)NC12CC(NC(=O)COc3ccc(Cl)c(F)c3)(C1)C2. The molecule has 0 saturated heterocycles. The zero-order valence-corrected chi connectivity index (χ0v) is 16.0. The highest BCUT2D eigenvalue weighted by Crippen LogP contribution is 2.60. The van der Waals surface area contributed by atoms with E-state index in [2.05, 4.69) is 15.6 Å². The van der Waals surface area contributed by atoms with Crippen LogP contribution in [0.1, 0.15) is 35.2 Å². The Morgan fingerprint density at radius 3 is 2.61 bits per heavy atom. The number of nitrogens with zero attached hydrogens (tertiary/aromatic N) is 1. The Morgan fingerprint density at radius 2 is 1.93 bits per heavy atom. The standard InChI is InChI=1S/C20H19ClFN3O3/c1-12-4-5-23-7-14(12)18(27)25-20-9-19(10-20,11-20)24-17(26)8-28-13-2-3-15(21)16(22)6-13/h2-7H,8-11H2,1H3,(H,24,26)(H,25,27). The van der Waals surface area contributed by atoms with Crippen LogP contribution in [0, 0.1) is 12.7 Å². The number of carbonyl (C=O) groups is 2. The van der Waals surface area contributed by atoms with Crippen molar-refractivity contribution in [2.45, 2.75) is 37.3 Å². The topological polar surface area (TPSA) is 80.3 Å². The molecule has 3 fully saturated rings. The summed E-state index contributed by atoms with van der Waals surface area (Å²) in [6.45, 7) is 1.66. The zero-order valence-electron chi connectivity index (χ0n) is 15.2. The molecule has 1 aromatic heterocycles. The van der Waals surface area contributed by atoms with Crippen molar-refractivity contribution in [3.8, 4) is 5.75 Å². The van der Waals surface area contributed by atoms with E-state index in [1.54, 1.807) is 18.5 Å². The van der Waals surface area contributed by atoms with Gasteiger partial charge in [-0.25, -0.2) is 4.39 Å². The molecule has 0 unspecified atom stereocenters. The fraction of sp³-hybridized carbons (Fsp3) is 0.350. The predicted octanol–water partition coefficient (Wildman–Crippen LogP) is 2.78. The molecule has 3 saturated carbocycles. The van der Waals surface area contributed by atoms with Crippen molar-refractivity contribution >= 4 is 23.4 Å². The van der Waals surface area contributed by atoms with Crippen molar-refractivity contribution in [2.75, 3.05) is 6.61 Å². The lowest BCUT2D eigenvalue weighted by Crippen LogP contribution is -2.84. The molecule has 28 heavy (non-hydrogen) atoms. The molecule has 8 heteroatoms. The fourth-order valence-electron chi connectivity index (χ4n) is 4.11. The van der Waals surface area contributed by atoms with Crippen molar-refractivity contribution in [1.29, 1.82) is 0 Å². The Labute approximate surface area is 166 Å². The molecular weight excluding hydrogens is 385 g/mol. The quantitative estimate of drug-likeness (QED) is 0.777. The predicted molar refractivity (Wildman–Crippen MR) is 101 cm³/mol. The minimum absolute atomic E-state index is 0.000471. The normalized spacial score (nSPS) is 24.5. The van der Waals surface area contributed by atoms with Gasteiger partial charge in [0.2, 0.25) is 0 Å². The molecule has 1 aromatic carbocycles. The lowest BCUT2D eigenvalue weighted by atomic mass is 9.44. The summed E-state index contributed by atoms with van der Waals surface area (Å²) in [6, 6.07) is 5.82. The minimum Gasteiger partial charge on any atom is -0.484 e. The number of hydrogen-bond acceptors (Lipinski definition) is 4. The number of hydrogen-bond donors (Lipinski definition) is 2. The average Bonchev–Trinajstić information content (AvgIpc) is 2.60. The van der Waals surface area contributed by atoms with Crippen molar-refractivity contribution in [2.24, 2.45) is 0 Å². The highest BCUT2D eigenvalue weighted by atomic mass is 35.5. The van der Waals surface area contributed by atoms with Gasteiger partial charge in [0.25, 0.3) is 11.8 Å². The van der Waals surface area contributed by atoms with Crippen LogP contribution in [0.2, 0.25) is 5.02 Å². The molecule has 146 valence electrons. The van der Waals surface area contributed by atoms with Gasteiger partial charge in [-0.15, -0.1) is 0 Å². The largest absolute Gasteiger partial charge is 0.484 e. The van der Waals surface area contributed by atoms with Gasteiger partial charge in [0.1, 0.15) is 11.6 Å². The number of aryl methyl sites for hydroxylation is 1. The first-order valence-corrected chi connectivity index (χ1v) is 9.30. The Hall–Kier alpha value is -2.67. The summed E-state index contributed by atoms with van der Waals surface area (Å²) in [7, 11) is 0. The average molecular weight is 404 g/mol. The van der Waals surface area contributed by atoms with Gasteiger partial charge < -0.3 is 15.4 Å². The molecule has 0 spiro atoms. The lowest BCUT2D eigenvalue weighted by Gasteiger charge is -2.70. The third-order valence-electron chi connectivity index (χ3n) is 5.36. The molecule has 1 heterocycles. The Balaban J connectivity index is 1.25. The lowest BCUT2D eigenvalue weighted by molar-refractivity contribution is -0.141. The first-order chi connectivity index (χ1) is 13.3. The summed E-state index contributed by atoms with van der Waals surface area (Å²) in [4.78, 5) is 28.6. The molecule has 3 aliphatic carbocycles. The van der Waals surface area contributed by atoms with Crippen LogP contribution in [-0.2, 0) is 4.79 Å². The molecule has 2 N–H and O–H groups in total. The summed E-state index contributed by atoms with van der Waals surface area (Å²) in [5.41, 5.74) is 0.891. The Kier molecular flexibility index (Phi) is 4.50. The maximum Gasteiger partial charge on any atom is 0.258 e. The van der Waals surface area contributed by atoms with Crippen molar-refractivity contribution in [3.63, 3.8) is 0 Å². The summed E-state index contributed by atoms with van der Waals surface area (Å²) in [6.07, 6.45) is 5.27. The van der Waals surface area contributed by atoms with Gasteiger partial charge >= 0.3 is 0 Å². The minimum atomic E-state index is -0.597. The van der Waals surface area contributed by atoms with Gasteiger partial charge in [-0.1, -0.05) is 11.6 Å². The van der Waals surface area contributed by atoms with Gasteiger partial charge in [0.15, 0.2) is 6.61 Å². The van der Waals surface area contributed by atoms with Crippen LogP contribution in [-0.4, -0.2) is 34.5 Å². The van der Waals surface area contributed by atoms with Gasteiger partial charge in [-0.2, -0.15) is 0 Å². The molecule has 3 aliphatic rings. The molecule has 6 nitrogen and oxygen atoms in total. The second-order valence-electron chi connectivity index (χ2n) is 7.65. The fourth-order valence-corrected chi connectivity index (χ4v) is 4.23. The van der Waals surface area contributed by atoms with Gasteiger partial charge in [-0.05, 0) is 49.9 Å². The van der Waals surface area contributed by atoms with Crippen LogP contribution in [0.25, 0.3) is 0 Å². The smallest absolute Gasteiger partial charge is 0.258 e. The first-order valence-electron chi connectivity index (χ1n) is 8.92. The van der Waals surface area contributed by atoms with Crippen molar-refractivity contribution in [3.05, 3.63) is 58.6 Å². The van der Waals surface area contributed by atoms with E-state index in [4.69, 9.17) is 16.3 Å². The van der Waals surface area contributed by atoms with E-state index in [0.717, 1.165) is 11.6 Å². The van der Waals surface area contributed by atoms with E-state index in [0.29, 0.717) is 24.8 Å². The third kappa shape index (κ3) is 3.42. The van der Waals surface area contributed by atoms with Crippen LogP contribution in [0.4, 0.5) is 4.39 Å². The number of halogens is 2. The third-order valence-corrected chi connectivity index (χ3v) is 5.66. The summed E-state index contributed by atoms with van der Waals surface area (Å²) < 4.78 is 18.7. The Morgan fingerprint density at radius 1 is 1.21 bits per heavy atom. The summed E-state index contributed by atoms with van der Waals surface area (Å²) >= 11 is 5.62. The molecule has 0 radical (unpaired) electrons. The van der Waals surface area contributed by atoms with E-state index in [9.17, 15) is 14.0 Å². The van der Waals surface area contributed by atoms with E-state index in [1.165, 1.54) is 12.1 Å². The molecule has 2 amide bonds. The summed E-state index contributed by atoms with van der Waals surface area (Å²) in [5.74, 6) is -0.776. The maximum atomic E-state index is 13.4. The number of aromatic nitrogens is 1. The number of carbonyl (C=O) groups excluding carboxylic acids is 2. The maximum absolute atomic E-state index is 13.4. The molecular formula is C20H19ClFN3O3. The first kappa shape index (κ1) is 18.7. The van der Waals surface area contributed by atoms with Crippen LogP contribution < -0.4 is 15.4 Å². The Bertz CT molecular complexity index is 946. The van der Waals surface area contributed by atoms with Crippen molar-refractivity contribution in [1.82, 2.24) is 15.6 Å². The van der Waals surface area contributed by atoms with E-state index >= 15 is 0 Å². The summed E-state index contributed by atoms with van der Waals surface area (Å²) in [5, 5.41) is 6.02. The van der Waals surface area contributed by atoms with E-state index in [1.807, 2.05) is 6.92 Å². The van der Waals surface area contributed by atoms with Crippen LogP contribution >= 0.6 is 11.6 Å². The molecule has 5 rings (SSSR count). The van der Waals surface area contributed by atoms with Gasteiger partial charge in [-0.3, -0.25) is 14.6 Å². The molecule has 0 aliphatic heterocycles. The molecule has 0 atom stereocenters. The van der Waals surface area contributed by atoms with Gasteiger partial charge in [0.05, 0.1) is 10.6 Å². The monoisotopic (exact) mass is 403 g/mol. The molecule has 2 bridgehead atoms. The second kappa shape index (κ2) is 6.74. The van der Waals surface area contributed by atoms with E-state index < -0.39 is 5.82 Å². The molecule has 2 aromatic rings. The number of benzene rings is 1. The number of rotatable bonds is 6. The highest BCUT2D eigenvalue weighted by molar-refractivity contribution is 6.30. The highest BCUT2D eigenvalue weighted by Gasteiger charge is 2.69. The number of pyridine rings is 1. The van der Waals surface area contributed by atoms with Crippen LogP contribution in [0.3, 0.4) is 0 Å².